The third-order valence-electron chi connectivity index (χ3n) is 4.63. The second-order valence-electron chi connectivity index (χ2n) is 5.86. The predicted octanol–water partition coefficient (Wildman–Crippen LogP) is 3.36. The van der Waals surface area contributed by atoms with Crippen LogP contribution in [0.1, 0.15) is 38.7 Å². The molecule has 1 aliphatic rings. The van der Waals surface area contributed by atoms with Crippen LogP contribution in [-0.4, -0.2) is 32.3 Å². The van der Waals surface area contributed by atoms with Gasteiger partial charge in [0.1, 0.15) is 5.75 Å². The zero-order chi connectivity index (χ0) is 14.6. The van der Waals surface area contributed by atoms with E-state index < -0.39 is 0 Å². The molecule has 1 saturated heterocycles. The van der Waals surface area contributed by atoms with Gasteiger partial charge in [0.15, 0.2) is 0 Å². The molecule has 0 saturated carbocycles. The molecule has 0 amide bonds. The van der Waals surface area contributed by atoms with Gasteiger partial charge in [0.25, 0.3) is 0 Å². The van der Waals surface area contributed by atoms with Gasteiger partial charge in [-0.1, -0.05) is 19.9 Å². The van der Waals surface area contributed by atoms with Crippen molar-refractivity contribution in [3.05, 3.63) is 23.8 Å². The van der Waals surface area contributed by atoms with E-state index in [0.717, 1.165) is 38.2 Å². The maximum Gasteiger partial charge on any atom is 0.142 e. The summed E-state index contributed by atoms with van der Waals surface area (Å²) >= 11 is 0. The Hall–Kier alpha value is -1.22. The van der Waals surface area contributed by atoms with Crippen LogP contribution in [0.15, 0.2) is 18.2 Å². The third-order valence-corrected chi connectivity index (χ3v) is 4.63. The Morgan fingerprint density at radius 3 is 2.70 bits per heavy atom. The van der Waals surface area contributed by atoms with Gasteiger partial charge in [0, 0.05) is 18.6 Å². The minimum Gasteiger partial charge on any atom is -0.495 e. The van der Waals surface area contributed by atoms with Gasteiger partial charge in [0.05, 0.1) is 12.8 Å². The second-order valence-corrected chi connectivity index (χ2v) is 5.86. The largest absolute Gasteiger partial charge is 0.495 e. The molecular formula is C17H28N2O. The van der Waals surface area contributed by atoms with E-state index in [0.29, 0.717) is 0 Å². The second kappa shape index (κ2) is 6.49. The van der Waals surface area contributed by atoms with Gasteiger partial charge in [-0.3, -0.25) is 0 Å². The van der Waals surface area contributed by atoms with Crippen molar-refractivity contribution in [2.75, 3.05) is 31.6 Å². The van der Waals surface area contributed by atoms with E-state index in [-0.39, 0.29) is 5.54 Å². The number of nitrogens with zero attached hydrogens (tertiary/aromatic N) is 1. The number of hydrogen-bond donors (Lipinski definition) is 1. The molecule has 1 heterocycles. The normalized spacial score (nSPS) is 18.7. The SMILES string of the molecule is CCC1(CC)CN(c2cc(C)ccc2OC)CCCN1. The lowest BCUT2D eigenvalue weighted by Crippen LogP contribution is -2.50. The van der Waals surface area contributed by atoms with E-state index in [9.17, 15) is 0 Å². The fraction of sp³-hybridized carbons (Fsp3) is 0.647. The molecule has 0 unspecified atom stereocenters. The molecule has 3 heteroatoms. The summed E-state index contributed by atoms with van der Waals surface area (Å²) in [5.41, 5.74) is 2.75. The number of methoxy groups -OCH3 is 1. The van der Waals surface area contributed by atoms with Crippen molar-refractivity contribution < 1.29 is 4.74 Å². The van der Waals surface area contributed by atoms with E-state index in [1.165, 1.54) is 17.7 Å². The molecule has 112 valence electrons. The summed E-state index contributed by atoms with van der Waals surface area (Å²) in [6, 6.07) is 6.45. The van der Waals surface area contributed by atoms with Gasteiger partial charge in [-0.25, -0.2) is 0 Å². The Morgan fingerprint density at radius 2 is 2.05 bits per heavy atom. The molecule has 20 heavy (non-hydrogen) atoms. The molecule has 2 rings (SSSR count). The first kappa shape index (κ1) is 15.2. The number of nitrogens with one attached hydrogen (secondary N) is 1. The molecule has 0 atom stereocenters. The molecule has 1 aromatic rings. The Balaban J connectivity index is 2.32. The van der Waals surface area contributed by atoms with Crippen molar-refractivity contribution in [3.63, 3.8) is 0 Å². The van der Waals surface area contributed by atoms with Crippen LogP contribution in [0.5, 0.6) is 5.75 Å². The first-order valence-corrected chi connectivity index (χ1v) is 7.78. The van der Waals surface area contributed by atoms with Gasteiger partial charge < -0.3 is 15.0 Å². The van der Waals surface area contributed by atoms with Gasteiger partial charge in [-0.05, 0) is 50.4 Å². The molecule has 0 aromatic heterocycles. The lowest BCUT2D eigenvalue weighted by atomic mass is 9.92. The molecule has 1 fully saturated rings. The third kappa shape index (κ3) is 3.09. The predicted molar refractivity (Wildman–Crippen MR) is 85.9 cm³/mol. The summed E-state index contributed by atoms with van der Waals surface area (Å²) in [6.45, 7) is 9.97. The van der Waals surface area contributed by atoms with Gasteiger partial charge >= 0.3 is 0 Å². The first-order valence-electron chi connectivity index (χ1n) is 7.78. The maximum absolute atomic E-state index is 5.57. The standard InChI is InChI=1S/C17H28N2O/c1-5-17(6-2)13-19(11-7-10-18-17)15-12-14(3)8-9-16(15)20-4/h8-9,12,18H,5-7,10-11,13H2,1-4H3. The Labute approximate surface area is 123 Å². The van der Waals surface area contributed by atoms with Crippen molar-refractivity contribution >= 4 is 5.69 Å². The van der Waals surface area contributed by atoms with Crippen LogP contribution < -0.4 is 15.0 Å². The highest BCUT2D eigenvalue weighted by Gasteiger charge is 2.31. The van der Waals surface area contributed by atoms with Crippen LogP contribution >= 0.6 is 0 Å². The molecule has 1 N–H and O–H groups in total. The van der Waals surface area contributed by atoms with Crippen LogP contribution in [0.2, 0.25) is 0 Å². The van der Waals surface area contributed by atoms with E-state index in [1.54, 1.807) is 7.11 Å². The molecule has 3 nitrogen and oxygen atoms in total. The maximum atomic E-state index is 5.57. The van der Waals surface area contributed by atoms with Crippen molar-refractivity contribution in [2.45, 2.75) is 45.6 Å². The number of hydrogen-bond acceptors (Lipinski definition) is 3. The zero-order valence-corrected chi connectivity index (χ0v) is 13.3. The topological polar surface area (TPSA) is 24.5 Å². The number of aryl methyl sites for hydroxylation is 1. The Morgan fingerprint density at radius 1 is 1.30 bits per heavy atom. The Kier molecular flexibility index (Phi) is 4.92. The summed E-state index contributed by atoms with van der Waals surface area (Å²) in [5, 5.41) is 3.76. The minimum atomic E-state index is 0.227. The molecule has 1 aliphatic heterocycles. The van der Waals surface area contributed by atoms with E-state index in [2.05, 4.69) is 49.2 Å². The highest BCUT2D eigenvalue weighted by molar-refractivity contribution is 5.60. The van der Waals surface area contributed by atoms with E-state index in [4.69, 9.17) is 4.74 Å². The highest BCUT2D eigenvalue weighted by Crippen LogP contribution is 2.32. The number of rotatable bonds is 4. The fourth-order valence-corrected chi connectivity index (χ4v) is 3.10. The molecule has 0 spiro atoms. The summed E-state index contributed by atoms with van der Waals surface area (Å²) in [7, 11) is 1.76. The molecule has 1 aromatic carbocycles. The minimum absolute atomic E-state index is 0.227. The average Bonchev–Trinajstić information content (AvgIpc) is 2.70. The first-order chi connectivity index (χ1) is 9.64. The van der Waals surface area contributed by atoms with Crippen LogP contribution in [0.3, 0.4) is 0 Å². The summed E-state index contributed by atoms with van der Waals surface area (Å²) < 4.78 is 5.57. The number of anilines is 1. The molecular weight excluding hydrogens is 248 g/mol. The highest BCUT2D eigenvalue weighted by atomic mass is 16.5. The van der Waals surface area contributed by atoms with E-state index in [1.807, 2.05) is 0 Å². The van der Waals surface area contributed by atoms with Crippen LogP contribution in [-0.2, 0) is 0 Å². The lowest BCUT2D eigenvalue weighted by molar-refractivity contribution is 0.321. The quantitative estimate of drug-likeness (QED) is 0.912. The molecule has 0 aliphatic carbocycles. The summed E-state index contributed by atoms with van der Waals surface area (Å²) in [6.07, 6.45) is 3.50. The van der Waals surface area contributed by atoms with Crippen molar-refractivity contribution in [1.82, 2.24) is 5.32 Å². The van der Waals surface area contributed by atoms with Gasteiger partial charge in [-0.15, -0.1) is 0 Å². The zero-order valence-electron chi connectivity index (χ0n) is 13.3. The fourth-order valence-electron chi connectivity index (χ4n) is 3.10. The summed E-state index contributed by atoms with van der Waals surface area (Å²) in [4.78, 5) is 2.50. The average molecular weight is 276 g/mol. The van der Waals surface area contributed by atoms with E-state index >= 15 is 0 Å². The monoisotopic (exact) mass is 276 g/mol. The van der Waals surface area contributed by atoms with Crippen LogP contribution in [0.25, 0.3) is 0 Å². The molecule has 0 bridgehead atoms. The van der Waals surface area contributed by atoms with Crippen molar-refractivity contribution in [1.29, 1.82) is 0 Å². The number of benzene rings is 1. The Bertz CT molecular complexity index is 441. The van der Waals surface area contributed by atoms with Crippen molar-refractivity contribution in [2.24, 2.45) is 0 Å². The smallest absolute Gasteiger partial charge is 0.142 e. The van der Waals surface area contributed by atoms with Crippen LogP contribution in [0.4, 0.5) is 5.69 Å². The lowest BCUT2D eigenvalue weighted by Gasteiger charge is -2.37. The molecule has 0 radical (unpaired) electrons. The van der Waals surface area contributed by atoms with Gasteiger partial charge in [0.2, 0.25) is 0 Å². The summed E-state index contributed by atoms with van der Waals surface area (Å²) in [5.74, 6) is 0.985. The van der Waals surface area contributed by atoms with Crippen molar-refractivity contribution in [3.8, 4) is 5.75 Å². The van der Waals surface area contributed by atoms with Crippen LogP contribution in [0, 0.1) is 6.92 Å². The van der Waals surface area contributed by atoms with Gasteiger partial charge in [-0.2, -0.15) is 0 Å². The number of ether oxygens (including phenoxy) is 1.